The van der Waals surface area contributed by atoms with Crippen LogP contribution in [0.4, 0.5) is 5.69 Å². The number of nitrogens with zero attached hydrogens (tertiary/aromatic N) is 4. The Bertz CT molecular complexity index is 1140. The predicted molar refractivity (Wildman–Crippen MR) is 138 cm³/mol. The molecule has 5 nitrogen and oxygen atoms in total. The van der Waals surface area contributed by atoms with Gasteiger partial charge >= 0.3 is 0 Å². The third kappa shape index (κ3) is 3.84. The standard InChI is InChI=1S/C29H37N5/c1-3-31-29-14-11-28(12-15-29,13-16-29)21-34-27-10-18-33(20-25(27)22(2)32-34)24-9-17-30-26(19-24)23-7-5-4-6-8-23/h4-9,17,19,31H,3,10-16,18,20-21H2,1-2H3. The van der Waals surface area contributed by atoms with Crippen molar-refractivity contribution in [1.29, 1.82) is 0 Å². The highest BCUT2D eigenvalue weighted by Crippen LogP contribution is 2.53. The summed E-state index contributed by atoms with van der Waals surface area (Å²) in [6.45, 7) is 8.64. The van der Waals surface area contributed by atoms with E-state index in [0.717, 1.165) is 38.3 Å². The maximum Gasteiger partial charge on any atom is 0.0722 e. The number of hydrogen-bond acceptors (Lipinski definition) is 4. The van der Waals surface area contributed by atoms with Crippen LogP contribution in [0.5, 0.6) is 0 Å². The number of pyridine rings is 1. The van der Waals surface area contributed by atoms with Crippen molar-refractivity contribution in [2.75, 3.05) is 18.0 Å². The van der Waals surface area contributed by atoms with Crippen molar-refractivity contribution in [1.82, 2.24) is 20.1 Å². The molecule has 34 heavy (non-hydrogen) atoms. The third-order valence-electron chi connectivity index (χ3n) is 8.95. The van der Waals surface area contributed by atoms with E-state index in [2.05, 4.69) is 76.2 Å². The van der Waals surface area contributed by atoms with E-state index in [1.54, 1.807) is 0 Å². The van der Waals surface area contributed by atoms with Gasteiger partial charge in [-0.1, -0.05) is 37.3 Å². The Kier molecular flexibility index (Phi) is 5.48. The zero-order chi connectivity index (χ0) is 23.2. The largest absolute Gasteiger partial charge is 0.367 e. The van der Waals surface area contributed by atoms with Gasteiger partial charge in [0.15, 0.2) is 0 Å². The molecule has 0 atom stereocenters. The molecule has 0 unspecified atom stereocenters. The molecule has 0 amide bonds. The molecule has 178 valence electrons. The first kappa shape index (κ1) is 21.8. The molecule has 7 rings (SSSR count). The first-order valence-corrected chi connectivity index (χ1v) is 13.2. The fraction of sp³-hybridized carbons (Fsp3) is 0.517. The maximum absolute atomic E-state index is 5.11. The van der Waals surface area contributed by atoms with E-state index in [1.165, 1.54) is 66.7 Å². The minimum atomic E-state index is 0.430. The summed E-state index contributed by atoms with van der Waals surface area (Å²) >= 11 is 0. The van der Waals surface area contributed by atoms with Crippen molar-refractivity contribution in [3.8, 4) is 11.3 Å². The fourth-order valence-corrected chi connectivity index (χ4v) is 6.86. The Morgan fingerprint density at radius 3 is 2.50 bits per heavy atom. The summed E-state index contributed by atoms with van der Waals surface area (Å²) in [6.07, 6.45) is 11.1. The SMILES string of the molecule is CCNC12CCC(Cn3nc(C)c4c3CCN(c3ccnc(-c5ccccc5)c3)C4)(CC1)CC2. The molecule has 4 aliphatic rings. The lowest BCUT2D eigenvalue weighted by molar-refractivity contribution is 0.00851. The lowest BCUT2D eigenvalue weighted by atomic mass is 9.57. The number of benzene rings is 1. The van der Waals surface area contributed by atoms with Crippen LogP contribution in [0, 0.1) is 12.3 Å². The van der Waals surface area contributed by atoms with Gasteiger partial charge in [-0.25, -0.2) is 0 Å². The van der Waals surface area contributed by atoms with Crippen LogP contribution >= 0.6 is 0 Å². The summed E-state index contributed by atoms with van der Waals surface area (Å²) in [5.74, 6) is 0. The Labute approximate surface area is 203 Å². The van der Waals surface area contributed by atoms with Gasteiger partial charge in [-0.2, -0.15) is 5.10 Å². The molecular formula is C29H37N5. The second-order valence-electron chi connectivity index (χ2n) is 10.9. The van der Waals surface area contributed by atoms with Gasteiger partial charge in [0.05, 0.1) is 11.4 Å². The number of aromatic nitrogens is 3. The van der Waals surface area contributed by atoms with Crippen LogP contribution in [0.2, 0.25) is 0 Å². The molecule has 3 fully saturated rings. The minimum Gasteiger partial charge on any atom is -0.367 e. The van der Waals surface area contributed by atoms with Crippen molar-refractivity contribution in [3.05, 3.63) is 65.6 Å². The van der Waals surface area contributed by atoms with E-state index < -0.39 is 0 Å². The second-order valence-corrected chi connectivity index (χ2v) is 10.9. The molecule has 2 aromatic heterocycles. The molecule has 3 aliphatic carbocycles. The molecular weight excluding hydrogens is 418 g/mol. The summed E-state index contributed by atoms with van der Waals surface area (Å²) in [7, 11) is 0. The predicted octanol–water partition coefficient (Wildman–Crippen LogP) is 5.52. The van der Waals surface area contributed by atoms with Crippen LogP contribution in [0.25, 0.3) is 11.3 Å². The Morgan fingerprint density at radius 2 is 1.76 bits per heavy atom. The summed E-state index contributed by atoms with van der Waals surface area (Å²) in [5.41, 5.74) is 8.48. The Morgan fingerprint density at radius 1 is 1.00 bits per heavy atom. The molecule has 1 aromatic carbocycles. The third-order valence-corrected chi connectivity index (χ3v) is 8.95. The van der Waals surface area contributed by atoms with Crippen LogP contribution in [-0.2, 0) is 19.5 Å². The van der Waals surface area contributed by atoms with Gasteiger partial charge in [-0.3, -0.25) is 9.67 Å². The Hall–Kier alpha value is -2.66. The van der Waals surface area contributed by atoms with E-state index in [0.29, 0.717) is 11.0 Å². The van der Waals surface area contributed by atoms with Crippen LogP contribution in [0.15, 0.2) is 48.7 Å². The highest BCUT2D eigenvalue weighted by atomic mass is 15.3. The topological polar surface area (TPSA) is 46.0 Å². The molecule has 2 bridgehead atoms. The lowest BCUT2D eigenvalue weighted by Gasteiger charge is -2.54. The molecule has 3 heterocycles. The van der Waals surface area contributed by atoms with Crippen LogP contribution < -0.4 is 10.2 Å². The van der Waals surface area contributed by atoms with Crippen molar-refractivity contribution < 1.29 is 0 Å². The molecule has 5 heteroatoms. The molecule has 0 saturated heterocycles. The molecule has 1 N–H and O–H groups in total. The lowest BCUT2D eigenvalue weighted by Crippen LogP contribution is -2.55. The van der Waals surface area contributed by atoms with Gasteiger partial charge in [0.1, 0.15) is 0 Å². The average Bonchev–Trinajstić information content (AvgIpc) is 3.20. The molecule has 3 saturated carbocycles. The van der Waals surface area contributed by atoms with Gasteiger partial charge < -0.3 is 10.2 Å². The van der Waals surface area contributed by atoms with Crippen LogP contribution in [-0.4, -0.2) is 33.4 Å². The average molecular weight is 456 g/mol. The highest BCUT2D eigenvalue weighted by Gasteiger charge is 2.48. The summed E-state index contributed by atoms with van der Waals surface area (Å²) in [5, 5.41) is 8.93. The number of fused-ring (bicyclic) bond motifs is 4. The van der Waals surface area contributed by atoms with Crippen molar-refractivity contribution in [3.63, 3.8) is 0 Å². The number of nitrogens with one attached hydrogen (secondary N) is 1. The number of rotatable bonds is 6. The quantitative estimate of drug-likeness (QED) is 0.532. The smallest absolute Gasteiger partial charge is 0.0722 e. The van der Waals surface area contributed by atoms with Crippen molar-refractivity contribution in [2.24, 2.45) is 5.41 Å². The van der Waals surface area contributed by atoms with Crippen molar-refractivity contribution in [2.45, 2.75) is 77.4 Å². The molecule has 3 aromatic rings. The van der Waals surface area contributed by atoms with Gasteiger partial charge in [0.2, 0.25) is 0 Å². The molecule has 0 radical (unpaired) electrons. The van der Waals surface area contributed by atoms with E-state index >= 15 is 0 Å². The number of aryl methyl sites for hydroxylation is 1. The zero-order valence-electron chi connectivity index (χ0n) is 20.7. The van der Waals surface area contributed by atoms with Gasteiger partial charge in [-0.15, -0.1) is 0 Å². The van der Waals surface area contributed by atoms with E-state index in [-0.39, 0.29) is 0 Å². The zero-order valence-corrected chi connectivity index (χ0v) is 20.7. The molecule has 1 aliphatic heterocycles. The summed E-state index contributed by atoms with van der Waals surface area (Å²) in [4.78, 5) is 7.12. The van der Waals surface area contributed by atoms with Gasteiger partial charge in [0, 0.05) is 60.3 Å². The monoisotopic (exact) mass is 455 g/mol. The highest BCUT2D eigenvalue weighted by molar-refractivity contribution is 5.64. The van der Waals surface area contributed by atoms with Gasteiger partial charge in [-0.05, 0) is 69.5 Å². The van der Waals surface area contributed by atoms with E-state index in [9.17, 15) is 0 Å². The van der Waals surface area contributed by atoms with E-state index in [1.807, 2.05) is 6.20 Å². The Balaban J connectivity index is 1.20. The van der Waals surface area contributed by atoms with Gasteiger partial charge in [0.25, 0.3) is 0 Å². The fourth-order valence-electron chi connectivity index (χ4n) is 6.86. The normalized spacial score (nSPS) is 26.0. The van der Waals surface area contributed by atoms with Crippen molar-refractivity contribution >= 4 is 5.69 Å². The summed E-state index contributed by atoms with van der Waals surface area (Å²) < 4.78 is 2.41. The molecule has 0 spiro atoms. The number of anilines is 1. The first-order chi connectivity index (χ1) is 16.6. The number of hydrogen-bond donors (Lipinski definition) is 1. The minimum absolute atomic E-state index is 0.430. The maximum atomic E-state index is 5.11. The summed E-state index contributed by atoms with van der Waals surface area (Å²) in [6, 6.07) is 14.9. The van der Waals surface area contributed by atoms with Crippen LogP contribution in [0.1, 0.15) is 62.4 Å². The van der Waals surface area contributed by atoms with Crippen LogP contribution in [0.3, 0.4) is 0 Å². The van der Waals surface area contributed by atoms with E-state index in [4.69, 9.17) is 5.10 Å². The second kappa shape index (κ2) is 8.53. The first-order valence-electron chi connectivity index (χ1n) is 13.2.